The quantitative estimate of drug-likeness (QED) is 0.787. The van der Waals surface area contributed by atoms with Gasteiger partial charge in [-0.3, -0.25) is 9.59 Å². The normalized spacial score (nSPS) is 34.8. The third kappa shape index (κ3) is 3.61. The number of carbonyl (C=O) groups is 2. The predicted molar refractivity (Wildman–Crippen MR) is 116 cm³/mol. The highest BCUT2D eigenvalue weighted by molar-refractivity contribution is 5.97. The molecule has 5 nitrogen and oxygen atoms in total. The molecule has 162 valence electrons. The van der Waals surface area contributed by atoms with Gasteiger partial charge in [-0.05, 0) is 87.7 Å². The lowest BCUT2D eigenvalue weighted by Crippen LogP contribution is -2.55. The van der Waals surface area contributed by atoms with Crippen LogP contribution in [0, 0.1) is 23.2 Å². The Morgan fingerprint density at radius 2 is 1.73 bits per heavy atom. The molecule has 0 unspecified atom stereocenters. The lowest BCUT2D eigenvalue weighted by atomic mass is 9.48. The molecule has 0 radical (unpaired) electrons. The van der Waals surface area contributed by atoms with E-state index in [1.165, 1.54) is 38.5 Å². The summed E-state index contributed by atoms with van der Waals surface area (Å²) in [4.78, 5) is 27.4. The van der Waals surface area contributed by atoms with Crippen LogP contribution in [0.2, 0.25) is 0 Å². The van der Waals surface area contributed by atoms with E-state index in [2.05, 4.69) is 12.2 Å². The molecule has 4 fully saturated rings. The number of anilines is 1. The molecule has 2 amide bonds. The van der Waals surface area contributed by atoms with Crippen LogP contribution in [-0.2, 0) is 9.59 Å². The SMILES string of the molecule is C[C@@H]1CN(C(=O)CCC(=O)N[C@H](C)C23CC4CC(CC(C4)C2)C3)c2ccccc2O1. The van der Waals surface area contributed by atoms with Crippen molar-refractivity contribution in [1.82, 2.24) is 5.32 Å². The minimum absolute atomic E-state index is 0.00444. The molecule has 6 rings (SSSR count). The molecular formula is C25H34N2O3. The summed E-state index contributed by atoms with van der Waals surface area (Å²) in [6.45, 7) is 4.70. The Morgan fingerprint density at radius 1 is 1.10 bits per heavy atom. The fourth-order valence-electron chi connectivity index (χ4n) is 7.16. The highest BCUT2D eigenvalue weighted by Crippen LogP contribution is 2.61. The Hall–Kier alpha value is -2.04. The Bertz CT molecular complexity index is 800. The first-order valence-corrected chi connectivity index (χ1v) is 11.8. The van der Waals surface area contributed by atoms with Crippen LogP contribution in [0.1, 0.15) is 65.2 Å². The summed E-state index contributed by atoms with van der Waals surface area (Å²) in [6, 6.07) is 7.84. The van der Waals surface area contributed by atoms with Crippen molar-refractivity contribution in [2.24, 2.45) is 23.2 Å². The van der Waals surface area contributed by atoms with Crippen molar-refractivity contribution < 1.29 is 14.3 Å². The largest absolute Gasteiger partial charge is 0.487 e. The van der Waals surface area contributed by atoms with Crippen LogP contribution in [0.5, 0.6) is 5.75 Å². The minimum atomic E-state index is -0.0474. The van der Waals surface area contributed by atoms with Crippen LogP contribution in [0.25, 0.3) is 0 Å². The van der Waals surface area contributed by atoms with Gasteiger partial charge in [-0.25, -0.2) is 0 Å². The summed E-state index contributed by atoms with van der Waals surface area (Å²) in [5.41, 5.74) is 1.11. The van der Waals surface area contributed by atoms with Crippen molar-refractivity contribution in [1.29, 1.82) is 0 Å². The highest BCUT2D eigenvalue weighted by Gasteiger charge is 2.53. The van der Waals surface area contributed by atoms with E-state index in [1.54, 1.807) is 4.90 Å². The molecule has 5 aliphatic rings. The number of nitrogens with one attached hydrogen (secondary N) is 1. The first-order valence-electron chi connectivity index (χ1n) is 11.8. The summed E-state index contributed by atoms with van der Waals surface area (Å²) >= 11 is 0. The van der Waals surface area contributed by atoms with E-state index in [0.717, 1.165) is 29.2 Å². The fourth-order valence-corrected chi connectivity index (χ4v) is 7.16. The maximum Gasteiger partial charge on any atom is 0.227 e. The van der Waals surface area contributed by atoms with Gasteiger partial charge in [0.25, 0.3) is 0 Å². The van der Waals surface area contributed by atoms with Crippen molar-refractivity contribution in [3.05, 3.63) is 24.3 Å². The molecule has 5 heteroatoms. The molecular weight excluding hydrogens is 376 g/mol. The van der Waals surface area contributed by atoms with Gasteiger partial charge in [-0.2, -0.15) is 0 Å². The third-order valence-corrected chi connectivity index (χ3v) is 8.17. The highest BCUT2D eigenvalue weighted by atomic mass is 16.5. The van der Waals surface area contributed by atoms with E-state index in [4.69, 9.17) is 4.74 Å². The maximum atomic E-state index is 12.9. The van der Waals surface area contributed by atoms with Crippen LogP contribution in [0.15, 0.2) is 24.3 Å². The van der Waals surface area contributed by atoms with Crippen LogP contribution in [0.4, 0.5) is 5.69 Å². The molecule has 0 spiro atoms. The summed E-state index contributed by atoms with van der Waals surface area (Å²) < 4.78 is 5.83. The average molecular weight is 411 g/mol. The van der Waals surface area contributed by atoms with Crippen LogP contribution < -0.4 is 15.0 Å². The molecule has 1 N–H and O–H groups in total. The molecule has 4 bridgehead atoms. The first kappa shape index (κ1) is 19.9. The summed E-state index contributed by atoms with van der Waals surface area (Å²) in [7, 11) is 0. The second-order valence-corrected chi connectivity index (χ2v) is 10.5. The van der Waals surface area contributed by atoms with E-state index in [1.807, 2.05) is 31.2 Å². The molecule has 2 atom stereocenters. The number of benzene rings is 1. The number of fused-ring (bicyclic) bond motifs is 1. The second-order valence-electron chi connectivity index (χ2n) is 10.5. The van der Waals surface area contributed by atoms with Gasteiger partial charge in [0.2, 0.25) is 11.8 Å². The monoisotopic (exact) mass is 410 g/mol. The summed E-state index contributed by atoms with van der Waals surface area (Å²) in [5.74, 6) is 3.38. The minimum Gasteiger partial charge on any atom is -0.487 e. The second kappa shape index (κ2) is 7.58. The number of ether oxygens (including phenoxy) is 1. The van der Waals surface area contributed by atoms with E-state index in [9.17, 15) is 9.59 Å². The van der Waals surface area contributed by atoms with Crippen molar-refractivity contribution in [3.63, 3.8) is 0 Å². The lowest BCUT2D eigenvalue weighted by molar-refractivity contribution is -0.128. The fraction of sp³-hybridized carbons (Fsp3) is 0.680. The molecule has 1 heterocycles. The Balaban J connectivity index is 1.17. The van der Waals surface area contributed by atoms with Gasteiger partial charge in [0.1, 0.15) is 11.9 Å². The summed E-state index contributed by atoms with van der Waals surface area (Å²) in [5, 5.41) is 3.29. The van der Waals surface area contributed by atoms with E-state index < -0.39 is 0 Å². The lowest BCUT2D eigenvalue weighted by Gasteiger charge is -2.59. The predicted octanol–water partition coefficient (Wildman–Crippen LogP) is 4.30. The molecule has 0 saturated heterocycles. The number of hydrogen-bond donors (Lipinski definition) is 1. The van der Waals surface area contributed by atoms with Gasteiger partial charge in [0.15, 0.2) is 0 Å². The molecule has 1 aromatic rings. The number of amides is 2. The van der Waals surface area contributed by atoms with Gasteiger partial charge >= 0.3 is 0 Å². The standard InChI is InChI=1S/C25H34N2O3/c1-16-15-27(21-5-3-4-6-22(21)30-16)24(29)8-7-23(28)26-17(2)25-12-18-9-19(13-25)11-20(10-18)14-25/h3-6,16-20H,7-15H2,1-2H3,(H,26,28)/t16-,17-,18?,19?,20?,25?/m1/s1. The van der Waals surface area contributed by atoms with E-state index >= 15 is 0 Å². The molecule has 30 heavy (non-hydrogen) atoms. The van der Waals surface area contributed by atoms with E-state index in [0.29, 0.717) is 12.0 Å². The zero-order valence-corrected chi connectivity index (χ0v) is 18.2. The molecule has 4 saturated carbocycles. The Labute approximate surface area is 179 Å². The van der Waals surface area contributed by atoms with Gasteiger partial charge in [0, 0.05) is 18.9 Å². The average Bonchev–Trinajstić information content (AvgIpc) is 2.70. The molecule has 4 aliphatic carbocycles. The molecule has 1 aromatic carbocycles. The first-order chi connectivity index (χ1) is 14.4. The number of para-hydroxylation sites is 2. The number of carbonyl (C=O) groups excluding carboxylic acids is 2. The van der Waals surface area contributed by atoms with Gasteiger partial charge in [-0.1, -0.05) is 12.1 Å². The van der Waals surface area contributed by atoms with Crippen molar-refractivity contribution in [2.75, 3.05) is 11.4 Å². The van der Waals surface area contributed by atoms with Gasteiger partial charge in [-0.15, -0.1) is 0 Å². The van der Waals surface area contributed by atoms with Crippen molar-refractivity contribution in [3.8, 4) is 5.75 Å². The number of hydrogen-bond acceptors (Lipinski definition) is 3. The number of rotatable bonds is 5. The zero-order valence-electron chi connectivity index (χ0n) is 18.2. The Morgan fingerprint density at radius 3 is 2.40 bits per heavy atom. The molecule has 1 aliphatic heterocycles. The number of nitrogens with zero attached hydrogens (tertiary/aromatic N) is 1. The van der Waals surface area contributed by atoms with Crippen LogP contribution >= 0.6 is 0 Å². The van der Waals surface area contributed by atoms with E-state index in [-0.39, 0.29) is 36.8 Å². The smallest absolute Gasteiger partial charge is 0.227 e. The van der Waals surface area contributed by atoms with Crippen LogP contribution in [-0.4, -0.2) is 30.5 Å². The van der Waals surface area contributed by atoms with Crippen LogP contribution in [0.3, 0.4) is 0 Å². The zero-order chi connectivity index (χ0) is 20.9. The third-order valence-electron chi connectivity index (χ3n) is 8.17. The summed E-state index contributed by atoms with van der Waals surface area (Å²) in [6.07, 6.45) is 8.51. The van der Waals surface area contributed by atoms with Crippen molar-refractivity contribution in [2.45, 2.75) is 77.4 Å². The maximum absolute atomic E-state index is 12.9. The van der Waals surface area contributed by atoms with Gasteiger partial charge in [0.05, 0.1) is 12.2 Å². The van der Waals surface area contributed by atoms with Gasteiger partial charge < -0.3 is 15.0 Å². The van der Waals surface area contributed by atoms with Crippen molar-refractivity contribution >= 4 is 17.5 Å². The topological polar surface area (TPSA) is 58.6 Å². The molecule has 0 aromatic heterocycles. The Kier molecular flexibility index (Phi) is 5.03.